The van der Waals surface area contributed by atoms with Crippen LogP contribution in [-0.4, -0.2) is 29.2 Å². The highest BCUT2D eigenvalue weighted by atomic mass is 15.4. The number of hydrogen-bond acceptors (Lipinski definition) is 3. The van der Waals surface area contributed by atoms with Crippen molar-refractivity contribution in [3.63, 3.8) is 0 Å². The molecule has 5 heteroatoms. The molecule has 2 saturated carbocycles. The van der Waals surface area contributed by atoms with Crippen LogP contribution in [0.4, 0.5) is 5.82 Å². The predicted molar refractivity (Wildman–Crippen MR) is 81.2 cm³/mol. The van der Waals surface area contributed by atoms with Gasteiger partial charge >= 0.3 is 0 Å². The summed E-state index contributed by atoms with van der Waals surface area (Å²) in [6, 6.07) is 0. The molecule has 2 aliphatic carbocycles. The first-order chi connectivity index (χ1) is 9.47. The number of rotatable bonds is 4. The van der Waals surface area contributed by atoms with Crippen molar-refractivity contribution in [1.82, 2.24) is 9.78 Å². The summed E-state index contributed by atoms with van der Waals surface area (Å²) < 4.78 is 1.86. The van der Waals surface area contributed by atoms with E-state index in [2.05, 4.69) is 17.0 Å². The number of nitrogens with two attached hydrogens (primary N) is 1. The Balaban J connectivity index is 1.80. The van der Waals surface area contributed by atoms with Crippen molar-refractivity contribution in [1.29, 1.82) is 5.41 Å². The van der Waals surface area contributed by atoms with Gasteiger partial charge in [-0.15, -0.1) is 0 Å². The lowest BCUT2D eigenvalue weighted by Crippen LogP contribution is -2.31. The maximum absolute atomic E-state index is 7.79. The maximum atomic E-state index is 7.79. The first-order valence-corrected chi connectivity index (χ1v) is 7.56. The molecule has 20 heavy (non-hydrogen) atoms. The van der Waals surface area contributed by atoms with Crippen LogP contribution in [-0.2, 0) is 7.05 Å². The van der Waals surface area contributed by atoms with E-state index < -0.39 is 0 Å². The molecule has 0 amide bonds. The fourth-order valence-electron chi connectivity index (χ4n) is 4.44. The van der Waals surface area contributed by atoms with Crippen molar-refractivity contribution in [3.05, 3.63) is 11.3 Å². The second kappa shape index (κ2) is 4.79. The zero-order valence-electron chi connectivity index (χ0n) is 12.7. The van der Waals surface area contributed by atoms with Gasteiger partial charge in [0.05, 0.1) is 11.3 Å². The molecule has 3 unspecified atom stereocenters. The second-order valence-corrected chi connectivity index (χ2v) is 6.64. The van der Waals surface area contributed by atoms with Crippen LogP contribution >= 0.6 is 0 Å². The minimum absolute atomic E-state index is 0.116. The lowest BCUT2D eigenvalue weighted by Gasteiger charge is -2.29. The lowest BCUT2D eigenvalue weighted by atomic mass is 9.88. The standard InChI is InChI=1S/C15H25N5/c1-9-13(14(16)17)15(20(3)18-9)19(2)8-12-7-10-4-5-11(12)6-10/h10-12H,4-8H2,1-3H3,(H3,16,17). The van der Waals surface area contributed by atoms with Gasteiger partial charge in [0.1, 0.15) is 11.7 Å². The third kappa shape index (κ3) is 2.09. The summed E-state index contributed by atoms with van der Waals surface area (Å²) in [6.45, 7) is 2.98. The Morgan fingerprint density at radius 1 is 1.45 bits per heavy atom. The Bertz CT molecular complexity index is 533. The molecule has 3 atom stereocenters. The number of aromatic nitrogens is 2. The van der Waals surface area contributed by atoms with Gasteiger partial charge in [-0.2, -0.15) is 5.10 Å². The summed E-state index contributed by atoms with van der Waals surface area (Å²) >= 11 is 0. The van der Waals surface area contributed by atoms with Gasteiger partial charge in [0.2, 0.25) is 0 Å². The first kappa shape index (κ1) is 13.5. The summed E-state index contributed by atoms with van der Waals surface area (Å²) in [6.07, 6.45) is 5.66. The molecule has 0 saturated heterocycles. The van der Waals surface area contributed by atoms with Crippen LogP contribution in [0.1, 0.15) is 36.9 Å². The Labute approximate surface area is 120 Å². The van der Waals surface area contributed by atoms with E-state index in [9.17, 15) is 0 Å². The number of aryl methyl sites for hydroxylation is 2. The van der Waals surface area contributed by atoms with E-state index in [1.165, 1.54) is 25.7 Å². The molecule has 1 aromatic rings. The van der Waals surface area contributed by atoms with Crippen molar-refractivity contribution in [2.24, 2.45) is 30.5 Å². The molecular weight excluding hydrogens is 250 g/mol. The number of fused-ring (bicyclic) bond motifs is 2. The number of nitrogens with one attached hydrogen (secondary N) is 1. The molecule has 110 valence electrons. The average Bonchev–Trinajstić information content (AvgIpc) is 3.02. The first-order valence-electron chi connectivity index (χ1n) is 7.56. The van der Waals surface area contributed by atoms with Crippen molar-refractivity contribution in [3.8, 4) is 0 Å². The van der Waals surface area contributed by atoms with E-state index in [4.69, 9.17) is 11.1 Å². The van der Waals surface area contributed by atoms with Crippen molar-refractivity contribution >= 4 is 11.7 Å². The molecule has 0 radical (unpaired) electrons. The highest BCUT2D eigenvalue weighted by molar-refractivity contribution is 6.00. The summed E-state index contributed by atoms with van der Waals surface area (Å²) in [5, 5.41) is 12.2. The van der Waals surface area contributed by atoms with Crippen LogP contribution in [0.15, 0.2) is 0 Å². The van der Waals surface area contributed by atoms with Gasteiger partial charge in [-0.05, 0) is 43.9 Å². The van der Waals surface area contributed by atoms with Gasteiger partial charge in [0, 0.05) is 20.6 Å². The molecule has 2 bridgehead atoms. The molecule has 3 N–H and O–H groups in total. The molecule has 1 aromatic heterocycles. The van der Waals surface area contributed by atoms with Crippen LogP contribution < -0.4 is 10.6 Å². The summed E-state index contributed by atoms with van der Waals surface area (Å²) in [5.41, 5.74) is 7.37. The van der Waals surface area contributed by atoms with E-state index >= 15 is 0 Å². The van der Waals surface area contributed by atoms with Crippen LogP contribution in [0.2, 0.25) is 0 Å². The summed E-state index contributed by atoms with van der Waals surface area (Å²) in [4.78, 5) is 2.25. The number of hydrogen-bond donors (Lipinski definition) is 2. The Hall–Kier alpha value is -1.52. The van der Waals surface area contributed by atoms with Crippen molar-refractivity contribution in [2.75, 3.05) is 18.5 Å². The highest BCUT2D eigenvalue weighted by Crippen LogP contribution is 2.48. The van der Waals surface area contributed by atoms with Gasteiger partial charge in [-0.1, -0.05) is 6.42 Å². The molecule has 5 nitrogen and oxygen atoms in total. The van der Waals surface area contributed by atoms with Crippen LogP contribution in [0.5, 0.6) is 0 Å². The van der Waals surface area contributed by atoms with Gasteiger partial charge in [-0.3, -0.25) is 10.1 Å². The Morgan fingerprint density at radius 2 is 2.20 bits per heavy atom. The molecule has 3 rings (SSSR count). The smallest absolute Gasteiger partial charge is 0.137 e. The van der Waals surface area contributed by atoms with Gasteiger partial charge in [0.25, 0.3) is 0 Å². The lowest BCUT2D eigenvalue weighted by molar-refractivity contribution is 0.336. The third-order valence-corrected chi connectivity index (χ3v) is 5.22. The Kier molecular flexibility index (Phi) is 3.22. The fraction of sp³-hybridized carbons (Fsp3) is 0.733. The summed E-state index contributed by atoms with van der Waals surface area (Å²) in [5.74, 6) is 3.79. The molecule has 0 aromatic carbocycles. The highest BCUT2D eigenvalue weighted by Gasteiger charge is 2.40. The molecule has 1 heterocycles. The Morgan fingerprint density at radius 3 is 2.75 bits per heavy atom. The SMILES string of the molecule is Cc1nn(C)c(N(C)CC2CC3CCC2C3)c1C(=N)N. The van der Waals surface area contributed by atoms with E-state index in [0.717, 1.165) is 41.4 Å². The van der Waals surface area contributed by atoms with Crippen LogP contribution in [0, 0.1) is 30.1 Å². The third-order valence-electron chi connectivity index (χ3n) is 5.22. The van der Waals surface area contributed by atoms with E-state index in [0.29, 0.717) is 0 Å². The van der Waals surface area contributed by atoms with Gasteiger partial charge in [-0.25, -0.2) is 0 Å². The van der Waals surface area contributed by atoms with E-state index in [1.54, 1.807) is 0 Å². The fourth-order valence-corrected chi connectivity index (χ4v) is 4.44. The monoisotopic (exact) mass is 275 g/mol. The molecule has 2 fully saturated rings. The number of nitrogen functional groups attached to an aromatic ring is 1. The molecule has 0 aliphatic heterocycles. The second-order valence-electron chi connectivity index (χ2n) is 6.64. The zero-order chi connectivity index (χ0) is 14.4. The number of anilines is 1. The average molecular weight is 275 g/mol. The topological polar surface area (TPSA) is 70.9 Å². The number of amidine groups is 1. The van der Waals surface area contributed by atoms with Crippen LogP contribution in [0.25, 0.3) is 0 Å². The quantitative estimate of drug-likeness (QED) is 0.651. The van der Waals surface area contributed by atoms with Crippen molar-refractivity contribution < 1.29 is 0 Å². The van der Waals surface area contributed by atoms with E-state index in [-0.39, 0.29) is 5.84 Å². The van der Waals surface area contributed by atoms with Gasteiger partial charge in [0.15, 0.2) is 0 Å². The molecule has 2 aliphatic rings. The minimum Gasteiger partial charge on any atom is -0.384 e. The molecular formula is C15H25N5. The zero-order valence-corrected chi connectivity index (χ0v) is 12.7. The summed E-state index contributed by atoms with van der Waals surface area (Å²) in [7, 11) is 4.04. The van der Waals surface area contributed by atoms with E-state index in [1.807, 2.05) is 18.7 Å². The molecule has 0 spiro atoms. The minimum atomic E-state index is 0.116. The van der Waals surface area contributed by atoms with Crippen molar-refractivity contribution in [2.45, 2.75) is 32.6 Å². The predicted octanol–water partition coefficient (Wildman–Crippen LogP) is 1.88. The normalized spacial score (nSPS) is 28.1. The maximum Gasteiger partial charge on any atom is 0.137 e. The van der Waals surface area contributed by atoms with Gasteiger partial charge < -0.3 is 10.6 Å². The van der Waals surface area contributed by atoms with Crippen LogP contribution in [0.3, 0.4) is 0 Å². The number of nitrogens with zero attached hydrogens (tertiary/aromatic N) is 3. The largest absolute Gasteiger partial charge is 0.384 e.